The zero-order chi connectivity index (χ0) is 12.4. The molecule has 1 aliphatic heterocycles. The number of para-hydroxylation sites is 1. The predicted molar refractivity (Wildman–Crippen MR) is 73.8 cm³/mol. The Balaban J connectivity index is 2.19. The lowest BCUT2D eigenvalue weighted by Gasteiger charge is -2.07. The molecule has 2 aromatic carbocycles. The van der Waals surface area contributed by atoms with Crippen LogP contribution in [0.25, 0.3) is 0 Å². The molecule has 1 heterocycles. The fraction of sp³-hybridized carbons (Fsp3) is 0.188. The number of ether oxygens (including phenoxy) is 1. The van der Waals surface area contributed by atoms with Crippen LogP contribution in [0.2, 0.25) is 0 Å². The third kappa shape index (κ3) is 1.95. The third-order valence-electron chi connectivity index (χ3n) is 3.24. The van der Waals surface area contributed by atoms with Crippen LogP contribution in [-0.4, -0.2) is 19.4 Å². The van der Waals surface area contributed by atoms with Gasteiger partial charge in [0.05, 0.1) is 18.0 Å². The van der Waals surface area contributed by atoms with Crippen LogP contribution in [-0.2, 0) is 11.2 Å². The second kappa shape index (κ2) is 4.75. The molecule has 3 rings (SSSR count). The van der Waals surface area contributed by atoms with Gasteiger partial charge in [0.25, 0.3) is 0 Å². The molecule has 2 nitrogen and oxygen atoms in total. The monoisotopic (exact) mass is 237 g/mol. The molecule has 0 radical (unpaired) electrons. The summed E-state index contributed by atoms with van der Waals surface area (Å²) in [4.78, 5) is 4.76. The quantitative estimate of drug-likeness (QED) is 0.784. The van der Waals surface area contributed by atoms with Crippen molar-refractivity contribution < 1.29 is 4.74 Å². The average Bonchev–Trinajstić information content (AvgIpc) is 2.56. The molecule has 0 saturated heterocycles. The largest absolute Gasteiger partial charge is 0.378 e. The van der Waals surface area contributed by atoms with Crippen molar-refractivity contribution >= 4 is 11.4 Å². The number of fused-ring (bicyclic) bond motifs is 2. The molecule has 0 amide bonds. The zero-order valence-corrected chi connectivity index (χ0v) is 10.4. The van der Waals surface area contributed by atoms with E-state index in [-0.39, 0.29) is 0 Å². The minimum atomic E-state index is 0.547. The van der Waals surface area contributed by atoms with Crippen LogP contribution in [0.5, 0.6) is 0 Å². The molecule has 0 aromatic heterocycles. The van der Waals surface area contributed by atoms with Crippen LogP contribution in [0, 0.1) is 0 Å². The molecule has 90 valence electrons. The molecule has 0 unspecified atom stereocenters. The summed E-state index contributed by atoms with van der Waals surface area (Å²) >= 11 is 0. The molecule has 2 aromatic rings. The summed E-state index contributed by atoms with van der Waals surface area (Å²) in [5.74, 6) is 0. The van der Waals surface area contributed by atoms with Crippen molar-refractivity contribution in [2.24, 2.45) is 4.99 Å². The van der Waals surface area contributed by atoms with Gasteiger partial charge in [0.2, 0.25) is 0 Å². The highest BCUT2D eigenvalue weighted by atomic mass is 16.5. The molecule has 18 heavy (non-hydrogen) atoms. The van der Waals surface area contributed by atoms with Crippen LogP contribution in [0.1, 0.15) is 16.7 Å². The minimum absolute atomic E-state index is 0.547. The topological polar surface area (TPSA) is 21.6 Å². The molecule has 0 N–H and O–H groups in total. The minimum Gasteiger partial charge on any atom is -0.378 e. The SMILES string of the molecule is COCC1=Nc2ccccc2Cc2ccccc21. The van der Waals surface area contributed by atoms with Gasteiger partial charge < -0.3 is 4.74 Å². The third-order valence-corrected chi connectivity index (χ3v) is 3.24. The van der Waals surface area contributed by atoms with Gasteiger partial charge in [0.15, 0.2) is 0 Å². The second-order valence-electron chi connectivity index (χ2n) is 4.45. The Kier molecular flexibility index (Phi) is 2.95. The summed E-state index contributed by atoms with van der Waals surface area (Å²) in [7, 11) is 1.71. The maximum absolute atomic E-state index is 5.28. The van der Waals surface area contributed by atoms with Gasteiger partial charge >= 0.3 is 0 Å². The van der Waals surface area contributed by atoms with Crippen molar-refractivity contribution in [1.82, 2.24) is 0 Å². The van der Waals surface area contributed by atoms with E-state index in [2.05, 4.69) is 42.5 Å². The van der Waals surface area contributed by atoms with E-state index in [1.165, 1.54) is 16.7 Å². The summed E-state index contributed by atoms with van der Waals surface area (Å²) in [5.41, 5.74) is 5.86. The van der Waals surface area contributed by atoms with Gasteiger partial charge in [-0.3, -0.25) is 4.99 Å². The maximum Gasteiger partial charge on any atom is 0.0890 e. The van der Waals surface area contributed by atoms with Gasteiger partial charge in [0.1, 0.15) is 0 Å². The summed E-state index contributed by atoms with van der Waals surface area (Å²) in [5, 5.41) is 0. The zero-order valence-electron chi connectivity index (χ0n) is 10.4. The van der Waals surface area contributed by atoms with Crippen LogP contribution in [0.15, 0.2) is 53.5 Å². The number of rotatable bonds is 2. The summed E-state index contributed by atoms with van der Waals surface area (Å²) in [6, 6.07) is 16.7. The van der Waals surface area contributed by atoms with Gasteiger partial charge in [-0.25, -0.2) is 0 Å². The van der Waals surface area contributed by atoms with Crippen molar-refractivity contribution in [1.29, 1.82) is 0 Å². The molecule has 0 fully saturated rings. The molecule has 0 spiro atoms. The Hall–Kier alpha value is -1.93. The number of hydrogen-bond donors (Lipinski definition) is 0. The van der Waals surface area contributed by atoms with Crippen molar-refractivity contribution in [2.45, 2.75) is 6.42 Å². The Labute approximate surface area is 107 Å². The molecule has 0 atom stereocenters. The lowest BCUT2D eigenvalue weighted by atomic mass is 9.98. The number of hydrogen-bond acceptors (Lipinski definition) is 2. The van der Waals surface area contributed by atoms with Gasteiger partial charge in [-0.2, -0.15) is 0 Å². The first-order valence-electron chi connectivity index (χ1n) is 6.11. The first kappa shape index (κ1) is 11.2. The van der Waals surface area contributed by atoms with Crippen molar-refractivity contribution in [3.8, 4) is 0 Å². The fourth-order valence-corrected chi connectivity index (χ4v) is 2.38. The van der Waals surface area contributed by atoms with Crippen LogP contribution in [0.3, 0.4) is 0 Å². The smallest absolute Gasteiger partial charge is 0.0890 e. The van der Waals surface area contributed by atoms with E-state index in [9.17, 15) is 0 Å². The summed E-state index contributed by atoms with van der Waals surface area (Å²) in [6.07, 6.45) is 0.934. The molecule has 2 heteroatoms. The van der Waals surface area contributed by atoms with Crippen molar-refractivity contribution in [2.75, 3.05) is 13.7 Å². The number of benzene rings is 2. The first-order valence-corrected chi connectivity index (χ1v) is 6.11. The summed E-state index contributed by atoms with van der Waals surface area (Å²) < 4.78 is 5.28. The lowest BCUT2D eigenvalue weighted by Crippen LogP contribution is -2.10. The standard InChI is InChI=1S/C16H15NO/c1-18-11-16-14-8-4-2-6-12(14)10-13-7-3-5-9-15(13)17-16/h2-9H,10-11H2,1H3. The molecule has 1 aliphatic rings. The highest BCUT2D eigenvalue weighted by molar-refractivity contribution is 6.05. The highest BCUT2D eigenvalue weighted by Crippen LogP contribution is 2.28. The van der Waals surface area contributed by atoms with Crippen LogP contribution >= 0.6 is 0 Å². The number of methoxy groups -OCH3 is 1. The number of aliphatic imine (C=N–C) groups is 1. The van der Waals surface area contributed by atoms with Crippen LogP contribution in [0.4, 0.5) is 5.69 Å². The average molecular weight is 237 g/mol. The van der Waals surface area contributed by atoms with Crippen molar-refractivity contribution in [3.63, 3.8) is 0 Å². The number of nitrogens with zero attached hydrogens (tertiary/aromatic N) is 1. The Morgan fingerprint density at radius 1 is 1.00 bits per heavy atom. The highest BCUT2D eigenvalue weighted by Gasteiger charge is 2.15. The normalized spacial score (nSPS) is 13.3. The Bertz CT molecular complexity index is 602. The van der Waals surface area contributed by atoms with E-state index < -0.39 is 0 Å². The van der Waals surface area contributed by atoms with E-state index in [0.29, 0.717) is 6.61 Å². The van der Waals surface area contributed by atoms with Gasteiger partial charge in [-0.15, -0.1) is 0 Å². The summed E-state index contributed by atoms with van der Waals surface area (Å²) in [6.45, 7) is 0.547. The predicted octanol–water partition coefficient (Wildman–Crippen LogP) is 3.36. The molecule has 0 saturated carbocycles. The van der Waals surface area contributed by atoms with E-state index in [1.54, 1.807) is 7.11 Å². The molecule has 0 aliphatic carbocycles. The first-order chi connectivity index (χ1) is 8.88. The second-order valence-corrected chi connectivity index (χ2v) is 4.45. The molecule has 0 bridgehead atoms. The molecular weight excluding hydrogens is 222 g/mol. The lowest BCUT2D eigenvalue weighted by molar-refractivity contribution is 0.245. The Morgan fingerprint density at radius 2 is 1.72 bits per heavy atom. The fourth-order valence-electron chi connectivity index (χ4n) is 2.38. The van der Waals surface area contributed by atoms with E-state index >= 15 is 0 Å². The molecular formula is C16H15NO. The van der Waals surface area contributed by atoms with Gasteiger partial charge in [-0.1, -0.05) is 42.5 Å². The van der Waals surface area contributed by atoms with E-state index in [1.807, 2.05) is 6.07 Å². The van der Waals surface area contributed by atoms with Crippen LogP contribution < -0.4 is 0 Å². The van der Waals surface area contributed by atoms with Crippen molar-refractivity contribution in [3.05, 3.63) is 65.2 Å². The van der Waals surface area contributed by atoms with E-state index in [0.717, 1.165) is 17.8 Å². The van der Waals surface area contributed by atoms with E-state index in [4.69, 9.17) is 9.73 Å². The Morgan fingerprint density at radius 3 is 2.56 bits per heavy atom. The maximum atomic E-state index is 5.28. The van der Waals surface area contributed by atoms with Gasteiger partial charge in [-0.05, 0) is 17.2 Å². The van der Waals surface area contributed by atoms with Gasteiger partial charge in [0, 0.05) is 19.1 Å².